The molecule has 1 aliphatic heterocycles. The van der Waals surface area contributed by atoms with E-state index in [1.807, 2.05) is 18.2 Å². The van der Waals surface area contributed by atoms with Gasteiger partial charge in [-0.15, -0.1) is 0 Å². The van der Waals surface area contributed by atoms with Gasteiger partial charge in [0.25, 0.3) is 0 Å². The van der Waals surface area contributed by atoms with Crippen molar-refractivity contribution in [3.63, 3.8) is 0 Å². The van der Waals surface area contributed by atoms with E-state index in [-0.39, 0.29) is 0 Å². The molecule has 2 N–H and O–H groups in total. The Labute approximate surface area is 85.3 Å². The number of fused-ring (bicyclic) bond motifs is 1. The lowest BCUT2D eigenvalue weighted by Gasteiger charge is -2.05. The van der Waals surface area contributed by atoms with Crippen molar-refractivity contribution in [1.82, 2.24) is 15.6 Å². The first-order valence-corrected chi connectivity index (χ1v) is 4.70. The van der Waals surface area contributed by atoms with Crippen molar-refractivity contribution in [1.29, 1.82) is 0 Å². The Morgan fingerprint density at radius 3 is 3.20 bits per heavy atom. The first-order valence-electron chi connectivity index (χ1n) is 4.70. The molecule has 0 atom stereocenters. The van der Waals surface area contributed by atoms with Crippen molar-refractivity contribution >= 4 is 22.7 Å². The second-order valence-electron chi connectivity index (χ2n) is 3.22. The minimum Gasteiger partial charge on any atom is -0.354 e. The Bertz CT molecular complexity index is 518. The van der Waals surface area contributed by atoms with E-state index in [9.17, 15) is 0 Å². The van der Waals surface area contributed by atoms with Gasteiger partial charge in [-0.25, -0.2) is 4.63 Å². The molecule has 0 aliphatic carbocycles. The van der Waals surface area contributed by atoms with Crippen LogP contribution in [0.5, 0.6) is 0 Å². The summed E-state index contributed by atoms with van der Waals surface area (Å²) < 4.78 is 4.67. The third kappa shape index (κ3) is 1.39. The molecule has 0 saturated carbocycles. The summed E-state index contributed by atoms with van der Waals surface area (Å²) in [6.07, 6.45) is 0. The van der Waals surface area contributed by atoms with Gasteiger partial charge in [0.2, 0.25) is 0 Å². The zero-order chi connectivity index (χ0) is 10.1. The quantitative estimate of drug-likeness (QED) is 0.709. The normalized spacial score (nSPS) is 15.1. The van der Waals surface area contributed by atoms with Crippen LogP contribution in [0.2, 0.25) is 0 Å². The first kappa shape index (κ1) is 8.22. The largest absolute Gasteiger partial charge is 0.354 e. The van der Waals surface area contributed by atoms with Crippen LogP contribution in [0.3, 0.4) is 0 Å². The number of hydrogen-bond donors (Lipinski definition) is 2. The average molecular weight is 203 g/mol. The van der Waals surface area contributed by atoms with Crippen LogP contribution >= 0.6 is 0 Å². The number of hydrogen-bond acceptors (Lipinski definition) is 6. The van der Waals surface area contributed by atoms with Gasteiger partial charge in [0.1, 0.15) is 5.52 Å². The highest BCUT2D eigenvalue weighted by molar-refractivity contribution is 6.01. The smallest absolute Gasteiger partial charge is 0.195 e. The molecule has 0 saturated heterocycles. The number of guanidine groups is 1. The van der Waals surface area contributed by atoms with E-state index in [4.69, 9.17) is 0 Å². The summed E-state index contributed by atoms with van der Waals surface area (Å²) in [5.41, 5.74) is 2.30. The van der Waals surface area contributed by atoms with E-state index < -0.39 is 0 Å². The SMILES string of the molecule is c1cc(NC2=NCCN2)c2nonc2c1. The maximum atomic E-state index is 4.67. The maximum absolute atomic E-state index is 4.67. The molecule has 6 heteroatoms. The van der Waals surface area contributed by atoms with E-state index in [0.717, 1.165) is 30.3 Å². The van der Waals surface area contributed by atoms with E-state index in [1.54, 1.807) is 0 Å². The van der Waals surface area contributed by atoms with Gasteiger partial charge >= 0.3 is 0 Å². The number of rotatable bonds is 1. The van der Waals surface area contributed by atoms with Gasteiger partial charge in [-0.05, 0) is 22.4 Å². The van der Waals surface area contributed by atoms with Gasteiger partial charge < -0.3 is 10.6 Å². The van der Waals surface area contributed by atoms with Crippen LogP contribution in [0.15, 0.2) is 27.8 Å². The minimum atomic E-state index is 0.717. The third-order valence-corrected chi connectivity index (χ3v) is 2.21. The Morgan fingerprint density at radius 1 is 1.33 bits per heavy atom. The van der Waals surface area contributed by atoms with Crippen molar-refractivity contribution in [3.05, 3.63) is 18.2 Å². The minimum absolute atomic E-state index is 0.717. The highest BCUT2D eigenvalue weighted by atomic mass is 16.6. The Balaban J connectivity index is 1.99. The second-order valence-corrected chi connectivity index (χ2v) is 3.22. The lowest BCUT2D eigenvalue weighted by molar-refractivity contribution is 0.315. The standard InChI is InChI=1S/C9H9N5O/c1-2-6(12-9-10-4-5-11-9)8-7(3-1)13-15-14-8/h1-3H,4-5H2,(H2,10,11,12). The monoisotopic (exact) mass is 203 g/mol. The Morgan fingerprint density at radius 2 is 2.33 bits per heavy atom. The summed E-state index contributed by atoms with van der Waals surface area (Å²) in [7, 11) is 0. The number of nitrogens with one attached hydrogen (secondary N) is 2. The summed E-state index contributed by atoms with van der Waals surface area (Å²) in [5, 5.41) is 13.9. The lowest BCUT2D eigenvalue weighted by atomic mass is 10.2. The Hall–Kier alpha value is -2.11. The molecule has 2 aromatic rings. The highest BCUT2D eigenvalue weighted by Gasteiger charge is 2.09. The molecule has 15 heavy (non-hydrogen) atoms. The number of nitrogens with zero attached hydrogens (tertiary/aromatic N) is 3. The predicted molar refractivity (Wildman–Crippen MR) is 55.7 cm³/mol. The lowest BCUT2D eigenvalue weighted by Crippen LogP contribution is -2.26. The molecular formula is C9H9N5O. The van der Waals surface area contributed by atoms with E-state index in [0.29, 0.717) is 5.52 Å². The topological polar surface area (TPSA) is 75.3 Å². The second kappa shape index (κ2) is 3.23. The zero-order valence-corrected chi connectivity index (χ0v) is 7.90. The third-order valence-electron chi connectivity index (χ3n) is 2.21. The van der Waals surface area contributed by atoms with Crippen LogP contribution in [0.1, 0.15) is 0 Å². The van der Waals surface area contributed by atoms with Gasteiger partial charge in [0.15, 0.2) is 11.5 Å². The van der Waals surface area contributed by atoms with Crippen molar-refractivity contribution in [2.75, 3.05) is 18.4 Å². The number of anilines is 1. The van der Waals surface area contributed by atoms with Crippen molar-refractivity contribution < 1.29 is 4.63 Å². The number of aliphatic imine (C=N–C) groups is 1. The molecule has 1 aliphatic rings. The molecule has 0 spiro atoms. The molecule has 1 aromatic heterocycles. The fraction of sp³-hybridized carbons (Fsp3) is 0.222. The molecule has 0 unspecified atom stereocenters. The van der Waals surface area contributed by atoms with Crippen LogP contribution in [-0.4, -0.2) is 29.4 Å². The number of benzene rings is 1. The van der Waals surface area contributed by atoms with Gasteiger partial charge in [-0.1, -0.05) is 6.07 Å². The summed E-state index contributed by atoms with van der Waals surface area (Å²) in [6.45, 7) is 1.67. The molecule has 0 bridgehead atoms. The predicted octanol–water partition coefficient (Wildman–Crippen LogP) is 0.594. The molecule has 76 valence electrons. The number of aromatic nitrogens is 2. The van der Waals surface area contributed by atoms with E-state index in [1.165, 1.54) is 0 Å². The highest BCUT2D eigenvalue weighted by Crippen LogP contribution is 2.19. The van der Waals surface area contributed by atoms with Gasteiger partial charge in [-0.2, -0.15) is 0 Å². The average Bonchev–Trinajstić information content (AvgIpc) is 2.87. The van der Waals surface area contributed by atoms with E-state index >= 15 is 0 Å². The van der Waals surface area contributed by atoms with Gasteiger partial charge in [-0.3, -0.25) is 4.99 Å². The maximum Gasteiger partial charge on any atom is 0.195 e. The molecule has 2 heterocycles. The molecule has 3 rings (SSSR count). The Kier molecular flexibility index (Phi) is 1.77. The van der Waals surface area contributed by atoms with Crippen molar-refractivity contribution in [3.8, 4) is 0 Å². The summed E-state index contributed by atoms with van der Waals surface area (Å²) in [5.74, 6) is 0.769. The van der Waals surface area contributed by atoms with Gasteiger partial charge in [0, 0.05) is 6.54 Å². The van der Waals surface area contributed by atoms with Crippen LogP contribution in [0.25, 0.3) is 11.0 Å². The molecule has 0 fully saturated rings. The van der Waals surface area contributed by atoms with Crippen LogP contribution < -0.4 is 10.6 Å². The fourth-order valence-corrected chi connectivity index (χ4v) is 1.52. The summed E-state index contributed by atoms with van der Waals surface area (Å²) >= 11 is 0. The molecule has 1 aromatic carbocycles. The van der Waals surface area contributed by atoms with Crippen molar-refractivity contribution in [2.45, 2.75) is 0 Å². The van der Waals surface area contributed by atoms with Crippen LogP contribution in [0.4, 0.5) is 5.69 Å². The molecule has 0 radical (unpaired) electrons. The van der Waals surface area contributed by atoms with Crippen LogP contribution in [-0.2, 0) is 0 Å². The molecular weight excluding hydrogens is 194 g/mol. The van der Waals surface area contributed by atoms with Crippen molar-refractivity contribution in [2.24, 2.45) is 4.99 Å². The molecule has 0 amide bonds. The molecule has 6 nitrogen and oxygen atoms in total. The summed E-state index contributed by atoms with van der Waals surface area (Å²) in [6, 6.07) is 5.65. The van der Waals surface area contributed by atoms with Crippen LogP contribution in [0, 0.1) is 0 Å². The first-order chi connectivity index (χ1) is 7.43. The van der Waals surface area contributed by atoms with Gasteiger partial charge in [0.05, 0.1) is 12.2 Å². The fourth-order valence-electron chi connectivity index (χ4n) is 1.52. The summed E-state index contributed by atoms with van der Waals surface area (Å²) in [4.78, 5) is 4.24. The zero-order valence-electron chi connectivity index (χ0n) is 7.90. The van der Waals surface area contributed by atoms with E-state index in [2.05, 4.69) is 30.6 Å².